The van der Waals surface area contributed by atoms with Crippen molar-refractivity contribution in [2.45, 2.75) is 31.8 Å². The summed E-state index contributed by atoms with van der Waals surface area (Å²) in [6.07, 6.45) is 6.20. The van der Waals surface area contributed by atoms with Crippen LogP contribution in [0.4, 0.5) is 5.95 Å². The molecule has 1 aliphatic heterocycles. The first kappa shape index (κ1) is 13.9. The molecule has 1 aliphatic carbocycles. The predicted octanol–water partition coefficient (Wildman–Crippen LogP) is 1.06. The number of hydrogen-bond acceptors (Lipinski definition) is 4. The van der Waals surface area contributed by atoms with Crippen molar-refractivity contribution >= 4 is 5.95 Å². The topological polar surface area (TPSA) is 36.3 Å². The molecule has 2 aliphatic rings. The second-order valence-corrected chi connectivity index (χ2v) is 6.51. The van der Waals surface area contributed by atoms with Gasteiger partial charge < -0.3 is 19.7 Å². The van der Waals surface area contributed by atoms with E-state index in [4.69, 9.17) is 0 Å². The molecular formula is C15H27N5. The van der Waals surface area contributed by atoms with Gasteiger partial charge in [-0.15, -0.1) is 0 Å². The molecule has 2 fully saturated rings. The van der Waals surface area contributed by atoms with Gasteiger partial charge in [-0.2, -0.15) is 0 Å². The lowest BCUT2D eigenvalue weighted by atomic mass is 10.1. The maximum Gasteiger partial charge on any atom is 0.204 e. The Morgan fingerprint density at radius 1 is 1.35 bits per heavy atom. The summed E-state index contributed by atoms with van der Waals surface area (Å²) >= 11 is 0. The monoisotopic (exact) mass is 277 g/mol. The van der Waals surface area contributed by atoms with Crippen molar-refractivity contribution in [3.8, 4) is 0 Å². The number of likely N-dealkylation sites (tertiary alicyclic amines) is 1. The van der Waals surface area contributed by atoms with Crippen LogP contribution in [0.2, 0.25) is 0 Å². The highest BCUT2D eigenvalue weighted by Crippen LogP contribution is 2.31. The molecule has 0 aromatic carbocycles. The van der Waals surface area contributed by atoms with Crippen LogP contribution in [0.5, 0.6) is 0 Å². The van der Waals surface area contributed by atoms with Gasteiger partial charge in [0.05, 0.1) is 11.9 Å². The SMILES string of the molecule is CN(C)c1ncc(CNCC2CCN(C3CC3)C2)n1C. The highest BCUT2D eigenvalue weighted by atomic mass is 15.3. The minimum absolute atomic E-state index is 0.831. The third-order valence-corrected chi connectivity index (χ3v) is 4.58. The van der Waals surface area contributed by atoms with Crippen molar-refractivity contribution in [1.82, 2.24) is 19.8 Å². The Labute approximate surface area is 122 Å². The number of rotatable bonds is 6. The number of nitrogens with zero attached hydrogens (tertiary/aromatic N) is 4. The predicted molar refractivity (Wildman–Crippen MR) is 81.9 cm³/mol. The number of aromatic nitrogens is 2. The van der Waals surface area contributed by atoms with Crippen molar-refractivity contribution in [3.05, 3.63) is 11.9 Å². The zero-order chi connectivity index (χ0) is 14.1. The first-order valence-corrected chi connectivity index (χ1v) is 7.78. The molecule has 1 atom stereocenters. The standard InChI is InChI=1S/C15H27N5/c1-18(2)15-17-10-14(19(15)3)9-16-8-12-6-7-20(11-12)13-4-5-13/h10,12-13,16H,4-9,11H2,1-3H3. The Morgan fingerprint density at radius 2 is 2.15 bits per heavy atom. The summed E-state index contributed by atoms with van der Waals surface area (Å²) in [6.45, 7) is 4.66. The van der Waals surface area contributed by atoms with Crippen molar-refractivity contribution in [1.29, 1.82) is 0 Å². The van der Waals surface area contributed by atoms with Gasteiger partial charge in [-0.25, -0.2) is 4.98 Å². The lowest BCUT2D eigenvalue weighted by Crippen LogP contribution is -2.28. The minimum Gasteiger partial charge on any atom is -0.348 e. The van der Waals surface area contributed by atoms with E-state index in [0.717, 1.165) is 31.0 Å². The number of imidazole rings is 1. The molecule has 1 N–H and O–H groups in total. The van der Waals surface area contributed by atoms with Crippen molar-refractivity contribution in [2.75, 3.05) is 38.6 Å². The average Bonchev–Trinajstić information content (AvgIpc) is 3.05. The van der Waals surface area contributed by atoms with E-state index in [-0.39, 0.29) is 0 Å². The van der Waals surface area contributed by atoms with Crippen LogP contribution >= 0.6 is 0 Å². The van der Waals surface area contributed by atoms with Crippen molar-refractivity contribution < 1.29 is 0 Å². The molecule has 0 bridgehead atoms. The Bertz CT molecular complexity index is 449. The van der Waals surface area contributed by atoms with Crippen LogP contribution < -0.4 is 10.2 Å². The van der Waals surface area contributed by atoms with Gasteiger partial charge in [0.1, 0.15) is 0 Å². The van der Waals surface area contributed by atoms with E-state index in [1.165, 1.54) is 38.0 Å². The summed E-state index contributed by atoms with van der Waals surface area (Å²) in [5.74, 6) is 1.85. The minimum atomic E-state index is 0.831. The fourth-order valence-corrected chi connectivity index (χ4v) is 3.22. The third-order valence-electron chi connectivity index (χ3n) is 4.58. The van der Waals surface area contributed by atoms with Crippen LogP contribution in [0, 0.1) is 5.92 Å². The summed E-state index contributed by atoms with van der Waals surface area (Å²) in [4.78, 5) is 9.18. The summed E-state index contributed by atoms with van der Waals surface area (Å²) in [6, 6.07) is 0.930. The molecule has 5 heteroatoms. The first-order valence-electron chi connectivity index (χ1n) is 7.78. The van der Waals surface area contributed by atoms with Gasteiger partial charge in [0.2, 0.25) is 5.95 Å². The molecule has 0 spiro atoms. The van der Waals surface area contributed by atoms with E-state index in [0.29, 0.717) is 0 Å². The highest BCUT2D eigenvalue weighted by Gasteiger charge is 2.33. The maximum atomic E-state index is 4.45. The molecule has 1 aromatic rings. The van der Waals surface area contributed by atoms with E-state index >= 15 is 0 Å². The zero-order valence-corrected chi connectivity index (χ0v) is 13.0. The fraction of sp³-hybridized carbons (Fsp3) is 0.800. The number of hydrogen-bond donors (Lipinski definition) is 1. The number of nitrogens with one attached hydrogen (secondary N) is 1. The van der Waals surface area contributed by atoms with Crippen LogP contribution in [0.15, 0.2) is 6.20 Å². The molecule has 0 amide bonds. The molecule has 20 heavy (non-hydrogen) atoms. The third kappa shape index (κ3) is 2.99. The van der Waals surface area contributed by atoms with Crippen LogP contribution in [0.3, 0.4) is 0 Å². The highest BCUT2D eigenvalue weighted by molar-refractivity contribution is 5.30. The fourth-order valence-electron chi connectivity index (χ4n) is 3.22. The van der Waals surface area contributed by atoms with E-state index < -0.39 is 0 Å². The van der Waals surface area contributed by atoms with Gasteiger partial charge in [0.25, 0.3) is 0 Å². The quantitative estimate of drug-likeness (QED) is 0.843. The van der Waals surface area contributed by atoms with Gasteiger partial charge in [-0.1, -0.05) is 0 Å². The van der Waals surface area contributed by atoms with E-state index in [9.17, 15) is 0 Å². The molecule has 112 valence electrons. The van der Waals surface area contributed by atoms with Gasteiger partial charge in [0.15, 0.2) is 0 Å². The van der Waals surface area contributed by atoms with Crippen LogP contribution in [0.25, 0.3) is 0 Å². The average molecular weight is 277 g/mol. The smallest absolute Gasteiger partial charge is 0.204 e. The van der Waals surface area contributed by atoms with E-state index in [1.807, 2.05) is 25.2 Å². The molecule has 1 saturated carbocycles. The van der Waals surface area contributed by atoms with Gasteiger partial charge >= 0.3 is 0 Å². The largest absolute Gasteiger partial charge is 0.348 e. The molecule has 1 unspecified atom stereocenters. The molecule has 2 heterocycles. The summed E-state index contributed by atoms with van der Waals surface area (Å²) in [5.41, 5.74) is 1.26. The molecule has 1 saturated heterocycles. The van der Waals surface area contributed by atoms with Gasteiger partial charge in [-0.05, 0) is 38.3 Å². The maximum absolute atomic E-state index is 4.45. The molecule has 3 rings (SSSR count). The molecule has 0 radical (unpaired) electrons. The second kappa shape index (κ2) is 5.74. The summed E-state index contributed by atoms with van der Waals surface area (Å²) in [7, 11) is 6.15. The van der Waals surface area contributed by atoms with Gasteiger partial charge in [0, 0.05) is 40.3 Å². The summed E-state index contributed by atoms with van der Waals surface area (Å²) < 4.78 is 2.16. The Morgan fingerprint density at radius 3 is 2.80 bits per heavy atom. The van der Waals surface area contributed by atoms with Crippen LogP contribution in [-0.4, -0.2) is 54.2 Å². The molecule has 5 nitrogen and oxygen atoms in total. The Hall–Kier alpha value is -1.07. The van der Waals surface area contributed by atoms with E-state index in [2.05, 4.69) is 26.8 Å². The second-order valence-electron chi connectivity index (χ2n) is 6.51. The lowest BCUT2D eigenvalue weighted by molar-refractivity contribution is 0.311. The van der Waals surface area contributed by atoms with Gasteiger partial charge in [-0.3, -0.25) is 0 Å². The van der Waals surface area contributed by atoms with Crippen molar-refractivity contribution in [3.63, 3.8) is 0 Å². The number of anilines is 1. The summed E-state index contributed by atoms with van der Waals surface area (Å²) in [5, 5.41) is 3.61. The van der Waals surface area contributed by atoms with Crippen LogP contribution in [-0.2, 0) is 13.6 Å². The normalized spacial score (nSPS) is 23.4. The first-order chi connectivity index (χ1) is 9.65. The van der Waals surface area contributed by atoms with Crippen molar-refractivity contribution in [2.24, 2.45) is 13.0 Å². The molecule has 1 aromatic heterocycles. The van der Waals surface area contributed by atoms with E-state index in [1.54, 1.807) is 0 Å². The lowest BCUT2D eigenvalue weighted by Gasteiger charge is -2.16. The molecular weight excluding hydrogens is 250 g/mol. The zero-order valence-electron chi connectivity index (χ0n) is 13.0. The Balaban J connectivity index is 1.43. The Kier molecular flexibility index (Phi) is 3.98. The van der Waals surface area contributed by atoms with Crippen LogP contribution in [0.1, 0.15) is 25.0 Å².